The lowest BCUT2D eigenvalue weighted by atomic mass is 10.1. The number of carbonyl (C=O) groups is 2. The zero-order valence-electron chi connectivity index (χ0n) is 18.5. The number of carbonyl (C=O) groups excluding carboxylic acids is 2. The van der Waals surface area contributed by atoms with Gasteiger partial charge in [-0.25, -0.2) is 0 Å². The third-order valence-corrected chi connectivity index (χ3v) is 7.53. The Morgan fingerprint density at radius 1 is 1.09 bits per heavy atom. The molecular formula is C26H21BrINO4S. The third kappa shape index (κ3) is 5.67. The van der Waals surface area contributed by atoms with E-state index in [9.17, 15) is 9.59 Å². The van der Waals surface area contributed by atoms with E-state index in [0.717, 1.165) is 37.6 Å². The molecule has 0 atom stereocenters. The zero-order valence-corrected chi connectivity index (χ0v) is 23.1. The van der Waals surface area contributed by atoms with Gasteiger partial charge in [0.25, 0.3) is 11.1 Å². The van der Waals surface area contributed by atoms with Crippen molar-refractivity contribution in [1.82, 2.24) is 4.90 Å². The number of hydrogen-bond donors (Lipinski definition) is 0. The van der Waals surface area contributed by atoms with Gasteiger partial charge in [-0.05, 0) is 110 Å². The number of aryl methyl sites for hydroxylation is 1. The molecule has 1 aliphatic heterocycles. The normalized spacial score (nSPS) is 14.7. The minimum atomic E-state index is -0.302. The first-order valence-electron chi connectivity index (χ1n) is 10.4. The van der Waals surface area contributed by atoms with Crippen LogP contribution in [-0.2, 0) is 17.9 Å². The first kappa shape index (κ1) is 24.8. The first-order chi connectivity index (χ1) is 16.4. The fourth-order valence-electron chi connectivity index (χ4n) is 3.45. The second kappa shape index (κ2) is 11.0. The number of amides is 2. The van der Waals surface area contributed by atoms with Gasteiger partial charge in [0.1, 0.15) is 6.61 Å². The van der Waals surface area contributed by atoms with Crippen LogP contribution in [0.1, 0.15) is 22.3 Å². The van der Waals surface area contributed by atoms with Gasteiger partial charge >= 0.3 is 0 Å². The summed E-state index contributed by atoms with van der Waals surface area (Å²) in [7, 11) is 1.57. The molecule has 0 aromatic heterocycles. The van der Waals surface area contributed by atoms with E-state index in [1.807, 2.05) is 61.5 Å². The monoisotopic (exact) mass is 649 g/mol. The standard InChI is InChI=1S/C26H21BrINO4S/c1-16-5-3-4-6-19(16)15-33-24-21(27)11-18(12-22(24)32-2)13-23-25(30)29(26(31)34-23)14-17-7-9-20(28)10-8-17/h3-13H,14-15H2,1-2H3/b23-13-. The van der Waals surface area contributed by atoms with Crippen molar-refractivity contribution in [3.8, 4) is 11.5 Å². The topological polar surface area (TPSA) is 55.8 Å². The van der Waals surface area contributed by atoms with Crippen molar-refractivity contribution in [2.75, 3.05) is 7.11 Å². The molecule has 174 valence electrons. The van der Waals surface area contributed by atoms with E-state index in [4.69, 9.17) is 9.47 Å². The predicted octanol–water partition coefficient (Wildman–Crippen LogP) is 7.19. The third-order valence-electron chi connectivity index (χ3n) is 5.31. The van der Waals surface area contributed by atoms with Gasteiger partial charge in [0.2, 0.25) is 0 Å². The van der Waals surface area contributed by atoms with Gasteiger partial charge in [-0.1, -0.05) is 36.4 Å². The molecule has 0 saturated carbocycles. The molecule has 5 nitrogen and oxygen atoms in total. The molecule has 3 aromatic rings. The van der Waals surface area contributed by atoms with Crippen LogP contribution in [0.25, 0.3) is 6.08 Å². The molecule has 2 amide bonds. The summed E-state index contributed by atoms with van der Waals surface area (Å²) in [5.41, 5.74) is 3.87. The maximum absolute atomic E-state index is 12.9. The highest BCUT2D eigenvalue weighted by Crippen LogP contribution is 2.39. The van der Waals surface area contributed by atoms with Crippen LogP contribution in [0.2, 0.25) is 0 Å². The van der Waals surface area contributed by atoms with Crippen LogP contribution in [0.4, 0.5) is 4.79 Å². The van der Waals surface area contributed by atoms with Crippen LogP contribution in [0, 0.1) is 10.5 Å². The summed E-state index contributed by atoms with van der Waals surface area (Å²) in [6.45, 7) is 2.69. The molecule has 0 unspecified atom stereocenters. The fraction of sp³-hybridized carbons (Fsp3) is 0.154. The number of ether oxygens (including phenoxy) is 2. The van der Waals surface area contributed by atoms with Crippen LogP contribution in [0.5, 0.6) is 11.5 Å². The molecule has 0 radical (unpaired) electrons. The maximum Gasteiger partial charge on any atom is 0.293 e. The number of imide groups is 1. The lowest BCUT2D eigenvalue weighted by Crippen LogP contribution is -2.27. The summed E-state index contributed by atoms with van der Waals surface area (Å²) in [6, 6.07) is 19.4. The Hall–Kier alpha value is -2.30. The number of benzene rings is 3. The number of hydrogen-bond acceptors (Lipinski definition) is 5. The molecule has 0 N–H and O–H groups in total. The van der Waals surface area contributed by atoms with Crippen LogP contribution in [-0.4, -0.2) is 23.2 Å². The Labute approximate surface area is 224 Å². The van der Waals surface area contributed by atoms with E-state index in [0.29, 0.717) is 27.5 Å². The molecule has 3 aromatic carbocycles. The second-order valence-corrected chi connectivity index (χ2v) is 10.7. The lowest BCUT2D eigenvalue weighted by molar-refractivity contribution is -0.123. The number of rotatable bonds is 7. The number of methoxy groups -OCH3 is 1. The average Bonchev–Trinajstić information content (AvgIpc) is 3.07. The molecule has 8 heteroatoms. The summed E-state index contributed by atoms with van der Waals surface area (Å²) >= 11 is 6.73. The largest absolute Gasteiger partial charge is 0.493 e. The lowest BCUT2D eigenvalue weighted by Gasteiger charge is -2.15. The quantitative estimate of drug-likeness (QED) is 0.200. The molecule has 0 aliphatic carbocycles. The Kier molecular flexibility index (Phi) is 8.00. The molecule has 1 saturated heterocycles. The number of halogens is 2. The van der Waals surface area contributed by atoms with Gasteiger partial charge in [-0.15, -0.1) is 0 Å². The summed E-state index contributed by atoms with van der Waals surface area (Å²) in [4.78, 5) is 27.1. The van der Waals surface area contributed by atoms with Gasteiger partial charge in [0.15, 0.2) is 11.5 Å². The van der Waals surface area contributed by atoms with Crippen LogP contribution in [0.15, 0.2) is 70.0 Å². The highest BCUT2D eigenvalue weighted by Gasteiger charge is 2.35. The van der Waals surface area contributed by atoms with Crippen molar-refractivity contribution >= 4 is 67.5 Å². The summed E-state index contributed by atoms with van der Waals surface area (Å²) in [5.74, 6) is 0.811. The molecule has 4 rings (SSSR count). The van der Waals surface area contributed by atoms with E-state index in [2.05, 4.69) is 38.5 Å². The molecular weight excluding hydrogens is 629 g/mol. The number of nitrogens with zero attached hydrogens (tertiary/aromatic N) is 1. The van der Waals surface area contributed by atoms with Crippen LogP contribution in [0.3, 0.4) is 0 Å². The second-order valence-electron chi connectivity index (χ2n) is 7.64. The van der Waals surface area contributed by atoms with E-state index < -0.39 is 0 Å². The summed E-state index contributed by atoms with van der Waals surface area (Å²) < 4.78 is 13.4. The van der Waals surface area contributed by atoms with E-state index in [-0.39, 0.29) is 17.7 Å². The predicted molar refractivity (Wildman–Crippen MR) is 147 cm³/mol. The van der Waals surface area contributed by atoms with Gasteiger partial charge in [-0.2, -0.15) is 0 Å². The smallest absolute Gasteiger partial charge is 0.293 e. The molecule has 0 bridgehead atoms. The highest BCUT2D eigenvalue weighted by atomic mass is 127. The molecule has 1 fully saturated rings. The first-order valence-corrected chi connectivity index (χ1v) is 13.1. The van der Waals surface area contributed by atoms with E-state index >= 15 is 0 Å². The maximum atomic E-state index is 12.9. The minimum Gasteiger partial charge on any atom is -0.493 e. The van der Waals surface area contributed by atoms with Crippen molar-refractivity contribution in [3.05, 3.63) is 95.9 Å². The van der Waals surface area contributed by atoms with Crippen molar-refractivity contribution in [3.63, 3.8) is 0 Å². The van der Waals surface area contributed by atoms with Crippen LogP contribution < -0.4 is 9.47 Å². The van der Waals surface area contributed by atoms with Gasteiger partial charge in [-0.3, -0.25) is 14.5 Å². The SMILES string of the molecule is COc1cc(/C=C2\SC(=O)N(Cc3ccc(I)cc3)C2=O)cc(Br)c1OCc1ccccc1C. The Bertz CT molecular complexity index is 1280. The van der Waals surface area contributed by atoms with Crippen molar-refractivity contribution in [1.29, 1.82) is 0 Å². The Balaban J connectivity index is 1.53. The molecule has 1 aliphatic rings. The summed E-state index contributed by atoms with van der Waals surface area (Å²) in [5, 5.41) is -0.279. The molecule has 0 spiro atoms. The van der Waals surface area contributed by atoms with Crippen molar-refractivity contribution in [2.45, 2.75) is 20.1 Å². The van der Waals surface area contributed by atoms with E-state index in [1.165, 1.54) is 4.90 Å². The van der Waals surface area contributed by atoms with Crippen molar-refractivity contribution < 1.29 is 19.1 Å². The van der Waals surface area contributed by atoms with Gasteiger partial charge in [0.05, 0.1) is 23.0 Å². The van der Waals surface area contributed by atoms with Crippen molar-refractivity contribution in [2.24, 2.45) is 0 Å². The van der Waals surface area contributed by atoms with Gasteiger partial charge < -0.3 is 9.47 Å². The van der Waals surface area contributed by atoms with E-state index in [1.54, 1.807) is 19.3 Å². The summed E-state index contributed by atoms with van der Waals surface area (Å²) in [6.07, 6.45) is 1.71. The molecule has 1 heterocycles. The zero-order chi connectivity index (χ0) is 24.2. The van der Waals surface area contributed by atoms with Gasteiger partial charge in [0, 0.05) is 3.57 Å². The Morgan fingerprint density at radius 2 is 1.82 bits per heavy atom. The van der Waals surface area contributed by atoms with Crippen LogP contribution >= 0.6 is 50.3 Å². The fourth-order valence-corrected chi connectivity index (χ4v) is 5.22. The molecule has 34 heavy (non-hydrogen) atoms. The highest BCUT2D eigenvalue weighted by molar-refractivity contribution is 14.1. The minimum absolute atomic E-state index is 0.248. The Morgan fingerprint density at radius 3 is 2.53 bits per heavy atom. The average molecular weight is 650 g/mol. The number of thioether (sulfide) groups is 1.